The molecule has 2 aliphatic heterocycles. The Bertz CT molecular complexity index is 622. The number of benzene rings is 1. The minimum Gasteiger partial charge on any atom is -0.493 e. The minimum atomic E-state index is 0.669. The summed E-state index contributed by atoms with van der Waals surface area (Å²) in [5, 5.41) is 0. The van der Waals surface area contributed by atoms with Crippen molar-refractivity contribution < 1.29 is 4.74 Å². The summed E-state index contributed by atoms with van der Waals surface area (Å²) >= 11 is 0. The molecule has 0 radical (unpaired) electrons. The van der Waals surface area contributed by atoms with Gasteiger partial charge in [-0.2, -0.15) is 0 Å². The van der Waals surface area contributed by atoms with Crippen LogP contribution in [-0.4, -0.2) is 36.1 Å². The molecule has 3 heterocycles. The highest BCUT2D eigenvalue weighted by atomic mass is 16.5. The second kappa shape index (κ2) is 6.09. The van der Waals surface area contributed by atoms with Crippen LogP contribution in [0.3, 0.4) is 0 Å². The lowest BCUT2D eigenvalue weighted by molar-refractivity contribution is 0.117. The summed E-state index contributed by atoms with van der Waals surface area (Å²) in [6, 6.07) is 12.7. The summed E-state index contributed by atoms with van der Waals surface area (Å²) in [4.78, 5) is 6.81. The summed E-state index contributed by atoms with van der Waals surface area (Å²) in [5.74, 6) is 2.46. The maximum atomic E-state index is 5.88. The van der Waals surface area contributed by atoms with Gasteiger partial charge in [0.15, 0.2) is 0 Å². The van der Waals surface area contributed by atoms with E-state index in [1.807, 2.05) is 18.5 Å². The molecule has 1 aromatic heterocycles. The molecule has 22 heavy (non-hydrogen) atoms. The lowest BCUT2D eigenvalue weighted by Gasteiger charge is -2.41. The molecule has 1 saturated heterocycles. The van der Waals surface area contributed by atoms with Crippen LogP contribution in [-0.2, 0) is 6.42 Å². The van der Waals surface area contributed by atoms with Crippen molar-refractivity contribution in [2.45, 2.75) is 18.8 Å². The van der Waals surface area contributed by atoms with Gasteiger partial charge in [0.25, 0.3) is 0 Å². The number of aromatic nitrogens is 1. The van der Waals surface area contributed by atoms with Crippen LogP contribution in [0.25, 0.3) is 0 Å². The van der Waals surface area contributed by atoms with Crippen molar-refractivity contribution >= 4 is 0 Å². The fourth-order valence-corrected chi connectivity index (χ4v) is 3.63. The topological polar surface area (TPSA) is 25.4 Å². The molecule has 0 spiro atoms. The lowest BCUT2D eigenvalue weighted by Crippen LogP contribution is -2.47. The maximum Gasteiger partial charge on any atom is 0.122 e. The first-order valence-corrected chi connectivity index (χ1v) is 8.21. The van der Waals surface area contributed by atoms with Gasteiger partial charge in [-0.15, -0.1) is 0 Å². The first-order chi connectivity index (χ1) is 10.9. The summed E-state index contributed by atoms with van der Waals surface area (Å²) in [6.45, 7) is 4.38. The number of rotatable bonds is 3. The average Bonchev–Trinajstić information content (AvgIpc) is 2.73. The number of ether oxygens (including phenoxy) is 1. The van der Waals surface area contributed by atoms with Crippen LogP contribution < -0.4 is 4.74 Å². The van der Waals surface area contributed by atoms with Crippen molar-refractivity contribution in [1.82, 2.24) is 9.88 Å². The predicted molar refractivity (Wildman–Crippen MR) is 87.2 cm³/mol. The summed E-state index contributed by atoms with van der Waals surface area (Å²) in [6.07, 6.45) is 6.16. The van der Waals surface area contributed by atoms with Crippen molar-refractivity contribution in [3.63, 3.8) is 0 Å². The molecule has 1 aromatic carbocycles. The molecule has 0 unspecified atom stereocenters. The van der Waals surface area contributed by atoms with Crippen molar-refractivity contribution in [3.8, 4) is 5.75 Å². The number of hydrogen-bond acceptors (Lipinski definition) is 3. The van der Waals surface area contributed by atoms with E-state index in [1.54, 1.807) is 0 Å². The molecule has 3 heteroatoms. The van der Waals surface area contributed by atoms with Crippen LogP contribution in [0.5, 0.6) is 5.75 Å². The van der Waals surface area contributed by atoms with E-state index in [0.29, 0.717) is 11.8 Å². The van der Waals surface area contributed by atoms with Crippen LogP contribution >= 0.6 is 0 Å². The van der Waals surface area contributed by atoms with E-state index < -0.39 is 0 Å². The highest BCUT2D eigenvalue weighted by Gasteiger charge is 2.30. The van der Waals surface area contributed by atoms with Crippen LogP contribution in [0.15, 0.2) is 48.8 Å². The van der Waals surface area contributed by atoms with Gasteiger partial charge < -0.3 is 9.64 Å². The van der Waals surface area contributed by atoms with Gasteiger partial charge >= 0.3 is 0 Å². The number of hydrogen-bond donors (Lipinski definition) is 0. The fraction of sp³-hybridized carbons (Fsp3) is 0.421. The van der Waals surface area contributed by atoms with Crippen molar-refractivity contribution in [2.75, 3.05) is 26.2 Å². The van der Waals surface area contributed by atoms with Crippen molar-refractivity contribution in [3.05, 3.63) is 59.9 Å². The zero-order valence-electron chi connectivity index (χ0n) is 12.8. The third-order valence-corrected chi connectivity index (χ3v) is 4.89. The van der Waals surface area contributed by atoms with Gasteiger partial charge in [0.05, 0.1) is 6.61 Å². The molecule has 3 nitrogen and oxygen atoms in total. The molecule has 2 aromatic rings. The number of fused-ring (bicyclic) bond motifs is 1. The number of nitrogens with zero attached hydrogens (tertiary/aromatic N) is 2. The number of para-hydroxylation sites is 1. The van der Waals surface area contributed by atoms with Crippen LogP contribution in [0.1, 0.15) is 23.5 Å². The van der Waals surface area contributed by atoms with E-state index in [1.165, 1.54) is 30.8 Å². The quantitative estimate of drug-likeness (QED) is 0.869. The molecule has 0 bridgehead atoms. The fourth-order valence-electron chi connectivity index (χ4n) is 3.63. The Morgan fingerprint density at radius 2 is 2.05 bits per heavy atom. The Kier molecular flexibility index (Phi) is 3.81. The van der Waals surface area contributed by atoms with Crippen LogP contribution in [0.2, 0.25) is 0 Å². The second-order valence-electron chi connectivity index (χ2n) is 6.52. The molecular weight excluding hydrogens is 272 g/mol. The molecule has 0 amide bonds. The standard InChI is InChI=1S/C19H22N2O/c1-2-6-19-16(4-1)10-15(7-9-22-19)12-21-13-18(14-21)17-5-3-8-20-11-17/h1-6,8,11,15,18H,7,9-10,12-14H2/t15-/m0/s1. The Morgan fingerprint density at radius 1 is 1.14 bits per heavy atom. The predicted octanol–water partition coefficient (Wildman–Crippen LogP) is 3.12. The second-order valence-corrected chi connectivity index (χ2v) is 6.52. The van der Waals surface area contributed by atoms with E-state index in [9.17, 15) is 0 Å². The summed E-state index contributed by atoms with van der Waals surface area (Å²) in [5.41, 5.74) is 2.75. The third-order valence-electron chi connectivity index (χ3n) is 4.89. The summed E-state index contributed by atoms with van der Waals surface area (Å²) < 4.78 is 5.88. The first kappa shape index (κ1) is 13.8. The van der Waals surface area contributed by atoms with E-state index in [2.05, 4.69) is 40.2 Å². The van der Waals surface area contributed by atoms with Gasteiger partial charge in [0.1, 0.15) is 5.75 Å². The van der Waals surface area contributed by atoms with E-state index in [-0.39, 0.29) is 0 Å². The van der Waals surface area contributed by atoms with Gasteiger partial charge in [-0.3, -0.25) is 4.98 Å². The van der Waals surface area contributed by atoms with Gasteiger partial charge in [-0.1, -0.05) is 24.3 Å². The minimum absolute atomic E-state index is 0.669. The molecule has 2 aliphatic rings. The monoisotopic (exact) mass is 294 g/mol. The Morgan fingerprint density at radius 3 is 2.91 bits per heavy atom. The van der Waals surface area contributed by atoms with Gasteiger partial charge in [-0.25, -0.2) is 0 Å². The van der Waals surface area contributed by atoms with Gasteiger partial charge in [0.2, 0.25) is 0 Å². The molecule has 0 aliphatic carbocycles. The number of pyridine rings is 1. The van der Waals surface area contributed by atoms with E-state index >= 15 is 0 Å². The van der Waals surface area contributed by atoms with Gasteiger partial charge in [0, 0.05) is 37.9 Å². The van der Waals surface area contributed by atoms with Crippen LogP contribution in [0.4, 0.5) is 0 Å². The highest BCUT2D eigenvalue weighted by molar-refractivity contribution is 5.34. The normalized spacial score (nSPS) is 22.3. The zero-order chi connectivity index (χ0) is 14.8. The lowest BCUT2D eigenvalue weighted by atomic mass is 9.89. The average molecular weight is 294 g/mol. The first-order valence-electron chi connectivity index (χ1n) is 8.21. The molecule has 114 valence electrons. The van der Waals surface area contributed by atoms with Crippen molar-refractivity contribution in [2.24, 2.45) is 5.92 Å². The Labute approximate surface area is 131 Å². The SMILES string of the molecule is c1cncc(C2CN(C[C@H]3CCOc4ccccc4C3)C2)c1. The third kappa shape index (κ3) is 2.86. The highest BCUT2D eigenvalue weighted by Crippen LogP contribution is 2.31. The maximum absolute atomic E-state index is 5.88. The molecule has 1 fully saturated rings. The van der Waals surface area contributed by atoms with E-state index in [4.69, 9.17) is 4.74 Å². The van der Waals surface area contributed by atoms with Crippen molar-refractivity contribution in [1.29, 1.82) is 0 Å². The Hall–Kier alpha value is -1.87. The molecule has 0 saturated carbocycles. The largest absolute Gasteiger partial charge is 0.493 e. The summed E-state index contributed by atoms with van der Waals surface area (Å²) in [7, 11) is 0. The Balaban J connectivity index is 1.34. The zero-order valence-corrected chi connectivity index (χ0v) is 12.8. The molecular formula is C19H22N2O. The van der Waals surface area contributed by atoms with E-state index in [0.717, 1.165) is 25.2 Å². The molecule has 1 atom stereocenters. The van der Waals surface area contributed by atoms with Crippen LogP contribution in [0, 0.1) is 5.92 Å². The number of likely N-dealkylation sites (tertiary alicyclic amines) is 1. The smallest absolute Gasteiger partial charge is 0.122 e. The van der Waals surface area contributed by atoms with Gasteiger partial charge in [-0.05, 0) is 42.0 Å². The molecule has 4 rings (SSSR count). The molecule has 0 N–H and O–H groups in total.